The van der Waals surface area contributed by atoms with E-state index in [4.69, 9.17) is 0 Å². The maximum atomic E-state index is 3.67. The van der Waals surface area contributed by atoms with Crippen LogP contribution in [0.4, 0.5) is 0 Å². The van der Waals surface area contributed by atoms with Crippen LogP contribution in [0.3, 0.4) is 0 Å². The number of unbranched alkanes of at least 4 members (excludes halogenated alkanes) is 17. The normalized spacial score (nSPS) is 13.4. The van der Waals surface area contributed by atoms with Crippen LogP contribution in [0, 0.1) is 0 Å². The number of nitrogens with zero attached hydrogens (tertiary/aromatic N) is 1. The molecule has 2 nitrogen and oxygen atoms in total. The van der Waals surface area contributed by atoms with Crippen LogP contribution >= 0.6 is 0 Å². The minimum atomic E-state index is 0.624. The lowest BCUT2D eigenvalue weighted by Crippen LogP contribution is -2.41. The monoisotopic (exact) mass is 475 g/mol. The highest BCUT2D eigenvalue weighted by Crippen LogP contribution is 2.26. The molecule has 0 radical (unpaired) electrons. The summed E-state index contributed by atoms with van der Waals surface area (Å²) in [5.41, 5.74) is 0. The average molecular weight is 476 g/mol. The number of rotatable bonds is 25. The molecule has 1 aromatic heterocycles. The summed E-state index contributed by atoms with van der Waals surface area (Å²) >= 11 is 0. The van der Waals surface area contributed by atoms with Gasteiger partial charge < -0.3 is 0 Å². The lowest BCUT2D eigenvalue weighted by atomic mass is 9.93. The molecule has 0 spiro atoms. The Morgan fingerprint density at radius 2 is 0.971 bits per heavy atom. The van der Waals surface area contributed by atoms with Gasteiger partial charge in [0.1, 0.15) is 12.4 Å². The van der Waals surface area contributed by atoms with Crippen LogP contribution in [-0.4, -0.2) is 4.98 Å². The number of nitrogens with one attached hydrogen (secondary N) is 1. The zero-order valence-corrected chi connectivity index (χ0v) is 24.0. The zero-order valence-electron chi connectivity index (χ0n) is 24.0. The van der Waals surface area contributed by atoms with Crippen LogP contribution in [0.25, 0.3) is 0 Å². The summed E-state index contributed by atoms with van der Waals surface area (Å²) in [4.78, 5) is 3.67. The van der Waals surface area contributed by atoms with Crippen molar-refractivity contribution in [3.05, 3.63) is 18.2 Å². The Labute approximate surface area is 215 Å². The third-order valence-electron chi connectivity index (χ3n) is 7.89. The molecule has 2 heteroatoms. The second-order valence-corrected chi connectivity index (χ2v) is 11.2. The summed E-state index contributed by atoms with van der Waals surface area (Å²) < 4.78 is 2.59. The first-order valence-corrected chi connectivity index (χ1v) is 15.8. The van der Waals surface area contributed by atoms with Crippen molar-refractivity contribution in [2.45, 2.75) is 187 Å². The maximum Gasteiger partial charge on any atom is 0.257 e. The van der Waals surface area contributed by atoms with E-state index in [9.17, 15) is 0 Å². The van der Waals surface area contributed by atoms with Crippen LogP contribution in [0.2, 0.25) is 0 Å². The van der Waals surface area contributed by atoms with E-state index in [1.165, 1.54) is 154 Å². The van der Waals surface area contributed by atoms with Crippen LogP contribution < -0.4 is 4.57 Å². The van der Waals surface area contributed by atoms with Gasteiger partial charge in [-0.25, -0.2) is 9.55 Å². The van der Waals surface area contributed by atoms with Crippen LogP contribution in [0.5, 0.6) is 0 Å². The summed E-state index contributed by atoms with van der Waals surface area (Å²) in [5, 5.41) is 0. The third-order valence-corrected chi connectivity index (χ3v) is 7.89. The minimum absolute atomic E-state index is 0.624. The summed E-state index contributed by atoms with van der Waals surface area (Å²) in [6.07, 6.45) is 36.9. The first-order chi connectivity index (χ1) is 16.7. The smallest absolute Gasteiger partial charge is 0.247 e. The lowest BCUT2D eigenvalue weighted by molar-refractivity contribution is -0.727. The molecule has 1 N–H and O–H groups in total. The molecular formula is C32H63N2+. The SMILES string of the molecule is CCCCCCCCCCCCCCCC(CCCC)c1[nH]cc[n+]1C(C)CCCCCCC. The molecule has 1 rings (SSSR count). The number of aromatic nitrogens is 2. The van der Waals surface area contributed by atoms with Gasteiger partial charge in [0.05, 0.1) is 12.0 Å². The number of hydrogen-bond acceptors (Lipinski definition) is 0. The first kappa shape index (κ1) is 31.2. The zero-order chi connectivity index (χ0) is 24.7. The van der Waals surface area contributed by atoms with Crippen molar-refractivity contribution in [1.82, 2.24) is 4.98 Å². The Kier molecular flexibility index (Phi) is 20.8. The predicted molar refractivity (Wildman–Crippen MR) is 152 cm³/mol. The molecule has 1 aromatic rings. The number of aromatic amines is 1. The van der Waals surface area contributed by atoms with Gasteiger partial charge in [-0.15, -0.1) is 0 Å². The highest BCUT2D eigenvalue weighted by Gasteiger charge is 2.25. The highest BCUT2D eigenvalue weighted by molar-refractivity contribution is 4.90. The standard InChI is InChI=1S/C32H62N2/c1-5-8-11-13-14-15-16-17-18-19-20-22-24-27-31(26-10-7-3)32-33-28-29-34(32)30(4)25-23-21-12-9-6-2/h28-31H,5-27H2,1-4H3/p+1. The Balaban J connectivity index is 2.26. The fourth-order valence-corrected chi connectivity index (χ4v) is 5.53. The molecule has 0 aliphatic rings. The minimum Gasteiger partial charge on any atom is -0.247 e. The molecule has 0 saturated carbocycles. The van der Waals surface area contributed by atoms with Gasteiger partial charge in [-0.05, 0) is 32.6 Å². The highest BCUT2D eigenvalue weighted by atomic mass is 15.1. The Morgan fingerprint density at radius 3 is 1.47 bits per heavy atom. The van der Waals surface area contributed by atoms with Crippen molar-refractivity contribution < 1.29 is 4.57 Å². The summed E-state index contributed by atoms with van der Waals surface area (Å²) in [5.74, 6) is 2.22. The van der Waals surface area contributed by atoms with E-state index in [-0.39, 0.29) is 0 Å². The molecule has 200 valence electrons. The third kappa shape index (κ3) is 15.3. The van der Waals surface area contributed by atoms with Crippen LogP contribution in [-0.2, 0) is 0 Å². The van der Waals surface area contributed by atoms with Gasteiger partial charge in [0.2, 0.25) is 0 Å². The molecule has 0 aliphatic carbocycles. The summed E-state index contributed by atoms with van der Waals surface area (Å²) in [6, 6.07) is 0.624. The molecule has 0 saturated heterocycles. The fraction of sp³-hybridized carbons (Fsp3) is 0.906. The molecule has 0 fully saturated rings. The fourth-order valence-electron chi connectivity index (χ4n) is 5.53. The molecule has 1 heterocycles. The lowest BCUT2D eigenvalue weighted by Gasteiger charge is -2.17. The predicted octanol–water partition coefficient (Wildman–Crippen LogP) is 11.0. The molecule has 34 heavy (non-hydrogen) atoms. The molecule has 2 atom stereocenters. The van der Waals surface area contributed by atoms with E-state index in [0.29, 0.717) is 12.0 Å². The van der Waals surface area contributed by atoms with Crippen molar-refractivity contribution in [1.29, 1.82) is 0 Å². The van der Waals surface area contributed by atoms with Crippen LogP contribution in [0.1, 0.15) is 193 Å². The second-order valence-electron chi connectivity index (χ2n) is 11.2. The molecule has 2 unspecified atom stereocenters. The first-order valence-electron chi connectivity index (χ1n) is 15.8. The van der Waals surface area contributed by atoms with Gasteiger partial charge in [0, 0.05) is 0 Å². The number of H-pyrrole nitrogens is 1. The van der Waals surface area contributed by atoms with Crippen molar-refractivity contribution in [2.75, 3.05) is 0 Å². The molecule has 0 aromatic carbocycles. The van der Waals surface area contributed by atoms with Gasteiger partial charge in [0.25, 0.3) is 5.82 Å². The molecule has 0 bridgehead atoms. The van der Waals surface area contributed by atoms with Gasteiger partial charge >= 0.3 is 0 Å². The number of imidazole rings is 1. The molecule has 0 aliphatic heterocycles. The largest absolute Gasteiger partial charge is 0.257 e. The van der Waals surface area contributed by atoms with Gasteiger partial charge in [-0.3, -0.25) is 0 Å². The Hall–Kier alpha value is -0.790. The summed E-state index contributed by atoms with van der Waals surface area (Å²) in [6.45, 7) is 9.38. The maximum absolute atomic E-state index is 3.67. The molecular weight excluding hydrogens is 412 g/mol. The van der Waals surface area contributed by atoms with E-state index >= 15 is 0 Å². The topological polar surface area (TPSA) is 19.7 Å². The second kappa shape index (κ2) is 22.7. The quantitative estimate of drug-likeness (QED) is 0.107. The van der Waals surface area contributed by atoms with Crippen molar-refractivity contribution in [2.24, 2.45) is 0 Å². The van der Waals surface area contributed by atoms with Crippen molar-refractivity contribution >= 4 is 0 Å². The van der Waals surface area contributed by atoms with E-state index in [2.05, 4.69) is 49.6 Å². The van der Waals surface area contributed by atoms with Crippen molar-refractivity contribution in [3.8, 4) is 0 Å². The van der Waals surface area contributed by atoms with E-state index in [0.717, 1.165) is 0 Å². The average Bonchev–Trinajstić information content (AvgIpc) is 3.33. The van der Waals surface area contributed by atoms with Gasteiger partial charge in [0.15, 0.2) is 0 Å². The Morgan fingerprint density at radius 1 is 0.559 bits per heavy atom. The van der Waals surface area contributed by atoms with Crippen molar-refractivity contribution in [3.63, 3.8) is 0 Å². The van der Waals surface area contributed by atoms with Crippen LogP contribution in [0.15, 0.2) is 12.4 Å². The Bertz CT molecular complexity index is 535. The molecule has 0 amide bonds. The van der Waals surface area contributed by atoms with Gasteiger partial charge in [-0.2, -0.15) is 0 Å². The summed E-state index contributed by atoms with van der Waals surface area (Å²) in [7, 11) is 0. The van der Waals surface area contributed by atoms with E-state index < -0.39 is 0 Å². The van der Waals surface area contributed by atoms with E-state index in [1.54, 1.807) is 0 Å². The van der Waals surface area contributed by atoms with E-state index in [1.807, 2.05) is 0 Å². The van der Waals surface area contributed by atoms with Gasteiger partial charge in [-0.1, -0.05) is 143 Å². The number of hydrogen-bond donors (Lipinski definition) is 1.